The molecule has 1 aromatic rings. The van der Waals surface area contributed by atoms with Gasteiger partial charge in [0, 0.05) is 9.79 Å². The second-order valence-electron chi connectivity index (χ2n) is 3.14. The number of hydrogen-bond donors (Lipinski definition) is 1. The van der Waals surface area contributed by atoms with Crippen LogP contribution in [0, 0.1) is 0 Å². The molecule has 0 aliphatic rings. The van der Waals surface area contributed by atoms with Gasteiger partial charge in [0.2, 0.25) is 0 Å². The molecular weight excluding hydrogens is 244 g/mol. The summed E-state index contributed by atoms with van der Waals surface area (Å²) in [5.41, 5.74) is 0. The summed E-state index contributed by atoms with van der Waals surface area (Å²) in [7, 11) is 0. The number of aliphatic carboxylic acids is 1. The zero-order valence-electron chi connectivity index (χ0n) is 8.80. The minimum Gasteiger partial charge on any atom is -0.481 e. The number of ketones is 1. The van der Waals surface area contributed by atoms with Crippen molar-refractivity contribution < 1.29 is 14.7 Å². The molecule has 0 aromatic heterocycles. The van der Waals surface area contributed by atoms with Crippen molar-refractivity contribution in [3.63, 3.8) is 0 Å². The van der Waals surface area contributed by atoms with Gasteiger partial charge in [0.1, 0.15) is 5.78 Å². The van der Waals surface area contributed by atoms with Gasteiger partial charge in [0.15, 0.2) is 0 Å². The number of rotatable bonds is 6. The fourth-order valence-electron chi connectivity index (χ4n) is 0.962. The molecule has 86 valence electrons. The summed E-state index contributed by atoms with van der Waals surface area (Å²) >= 11 is 2.77. The van der Waals surface area contributed by atoms with Crippen LogP contribution in [0.25, 0.3) is 0 Å². The highest BCUT2D eigenvalue weighted by atomic mass is 32.2. The lowest BCUT2D eigenvalue weighted by Crippen LogP contribution is -1.97. The SMILES string of the molecule is CC(=O)CSc1ccc(SCC(=O)O)cc1. The summed E-state index contributed by atoms with van der Waals surface area (Å²) in [6, 6.07) is 7.54. The van der Waals surface area contributed by atoms with Crippen molar-refractivity contribution in [2.24, 2.45) is 0 Å². The van der Waals surface area contributed by atoms with Crippen molar-refractivity contribution in [3.05, 3.63) is 24.3 Å². The summed E-state index contributed by atoms with van der Waals surface area (Å²) in [4.78, 5) is 23.1. The van der Waals surface area contributed by atoms with Crippen molar-refractivity contribution in [1.82, 2.24) is 0 Å². The molecule has 0 atom stereocenters. The number of carboxylic acids is 1. The zero-order chi connectivity index (χ0) is 12.0. The van der Waals surface area contributed by atoms with Crippen molar-refractivity contribution in [1.29, 1.82) is 0 Å². The summed E-state index contributed by atoms with van der Waals surface area (Å²) in [6.45, 7) is 1.56. The normalized spacial score (nSPS) is 10.1. The Kier molecular flexibility index (Phi) is 5.42. The second-order valence-corrected chi connectivity index (χ2v) is 5.24. The van der Waals surface area contributed by atoms with E-state index < -0.39 is 5.97 Å². The lowest BCUT2D eigenvalue weighted by molar-refractivity contribution is -0.133. The summed E-state index contributed by atoms with van der Waals surface area (Å²) in [6.07, 6.45) is 0. The Labute approximate surface area is 103 Å². The third kappa shape index (κ3) is 5.23. The molecule has 1 rings (SSSR count). The lowest BCUT2D eigenvalue weighted by atomic mass is 10.4. The average molecular weight is 256 g/mol. The van der Waals surface area contributed by atoms with Gasteiger partial charge in [-0.05, 0) is 31.2 Å². The second kappa shape index (κ2) is 6.60. The van der Waals surface area contributed by atoms with E-state index in [1.165, 1.54) is 23.5 Å². The van der Waals surface area contributed by atoms with Crippen LogP contribution in [0.15, 0.2) is 34.1 Å². The Morgan fingerprint density at radius 3 is 1.88 bits per heavy atom. The molecule has 0 saturated heterocycles. The Bertz CT molecular complexity index is 336. The number of benzene rings is 1. The number of hydrogen-bond acceptors (Lipinski definition) is 4. The third-order valence-corrected chi connectivity index (χ3v) is 3.78. The molecule has 0 aliphatic carbocycles. The summed E-state index contributed by atoms with van der Waals surface area (Å²) in [5, 5.41) is 8.51. The molecule has 0 heterocycles. The van der Waals surface area contributed by atoms with Crippen LogP contribution in [0.5, 0.6) is 0 Å². The number of carbonyl (C=O) groups excluding carboxylic acids is 1. The van der Waals surface area contributed by atoms with E-state index in [2.05, 4.69) is 0 Å². The molecule has 0 spiro atoms. The van der Waals surface area contributed by atoms with Gasteiger partial charge >= 0.3 is 5.97 Å². The molecule has 1 N–H and O–H groups in total. The van der Waals surface area contributed by atoms with Gasteiger partial charge in [-0.1, -0.05) is 0 Å². The largest absolute Gasteiger partial charge is 0.481 e. The van der Waals surface area contributed by atoms with Crippen LogP contribution < -0.4 is 0 Å². The highest BCUT2D eigenvalue weighted by Gasteiger charge is 2.01. The maximum atomic E-state index is 10.8. The molecule has 0 aliphatic heterocycles. The Morgan fingerprint density at radius 2 is 1.50 bits per heavy atom. The van der Waals surface area contributed by atoms with E-state index in [0.717, 1.165) is 9.79 Å². The average Bonchev–Trinajstić information content (AvgIpc) is 2.25. The number of carbonyl (C=O) groups is 2. The molecular formula is C11H12O3S2. The minimum absolute atomic E-state index is 0.0694. The van der Waals surface area contributed by atoms with Crippen molar-refractivity contribution >= 4 is 35.3 Å². The van der Waals surface area contributed by atoms with Gasteiger partial charge in [0.25, 0.3) is 0 Å². The zero-order valence-corrected chi connectivity index (χ0v) is 10.4. The van der Waals surface area contributed by atoms with E-state index >= 15 is 0 Å². The predicted molar refractivity (Wildman–Crippen MR) is 66.2 cm³/mol. The Balaban J connectivity index is 2.47. The van der Waals surface area contributed by atoms with Crippen LogP contribution in [-0.2, 0) is 9.59 Å². The van der Waals surface area contributed by atoms with Crippen LogP contribution in [0.4, 0.5) is 0 Å². The van der Waals surface area contributed by atoms with Crippen LogP contribution in [0.3, 0.4) is 0 Å². The standard InChI is InChI=1S/C11H12O3S2/c1-8(12)6-15-9-2-4-10(5-3-9)16-7-11(13)14/h2-5H,6-7H2,1H3,(H,13,14). The Hall–Kier alpha value is -0.940. The van der Waals surface area contributed by atoms with E-state index in [0.29, 0.717) is 5.75 Å². The highest BCUT2D eigenvalue weighted by molar-refractivity contribution is 8.00. The molecule has 5 heteroatoms. The van der Waals surface area contributed by atoms with E-state index in [1.54, 1.807) is 6.92 Å². The number of thioether (sulfide) groups is 2. The van der Waals surface area contributed by atoms with E-state index in [4.69, 9.17) is 5.11 Å². The van der Waals surface area contributed by atoms with Crippen molar-refractivity contribution in [2.75, 3.05) is 11.5 Å². The summed E-state index contributed by atoms with van der Waals surface area (Å²) < 4.78 is 0. The highest BCUT2D eigenvalue weighted by Crippen LogP contribution is 2.23. The molecule has 0 fully saturated rings. The molecule has 0 bridgehead atoms. The van der Waals surface area contributed by atoms with Crippen molar-refractivity contribution in [3.8, 4) is 0 Å². The molecule has 16 heavy (non-hydrogen) atoms. The topological polar surface area (TPSA) is 54.4 Å². The molecule has 0 saturated carbocycles. The first kappa shape index (κ1) is 13.1. The molecule has 0 unspecified atom stereocenters. The number of carboxylic acid groups (broad SMARTS) is 1. The lowest BCUT2D eigenvalue weighted by Gasteiger charge is -2.01. The smallest absolute Gasteiger partial charge is 0.313 e. The Morgan fingerprint density at radius 1 is 1.06 bits per heavy atom. The van der Waals surface area contributed by atoms with Crippen LogP contribution >= 0.6 is 23.5 Å². The minimum atomic E-state index is -0.819. The molecule has 1 aromatic carbocycles. The first-order valence-corrected chi connectivity index (χ1v) is 6.62. The van der Waals surface area contributed by atoms with Crippen LogP contribution in [-0.4, -0.2) is 28.4 Å². The van der Waals surface area contributed by atoms with Gasteiger partial charge in [-0.3, -0.25) is 9.59 Å². The van der Waals surface area contributed by atoms with Gasteiger partial charge < -0.3 is 5.11 Å². The van der Waals surface area contributed by atoms with Crippen molar-refractivity contribution in [2.45, 2.75) is 16.7 Å². The molecule has 0 radical (unpaired) electrons. The van der Waals surface area contributed by atoms with Crippen LogP contribution in [0.1, 0.15) is 6.92 Å². The van der Waals surface area contributed by atoms with Gasteiger partial charge in [-0.25, -0.2) is 0 Å². The first-order valence-electron chi connectivity index (χ1n) is 4.65. The molecule has 3 nitrogen and oxygen atoms in total. The maximum Gasteiger partial charge on any atom is 0.313 e. The molecule has 0 amide bonds. The fraction of sp³-hybridized carbons (Fsp3) is 0.273. The van der Waals surface area contributed by atoms with Gasteiger partial charge in [-0.15, -0.1) is 23.5 Å². The maximum absolute atomic E-state index is 10.8. The van der Waals surface area contributed by atoms with E-state index in [1.807, 2.05) is 24.3 Å². The van der Waals surface area contributed by atoms with E-state index in [9.17, 15) is 9.59 Å². The number of Topliss-reactive ketones (excluding diaryl/α,β-unsaturated/α-hetero) is 1. The van der Waals surface area contributed by atoms with Gasteiger partial charge in [-0.2, -0.15) is 0 Å². The third-order valence-electron chi connectivity index (χ3n) is 1.63. The predicted octanol–water partition coefficient (Wildman–Crippen LogP) is 2.54. The first-order chi connectivity index (χ1) is 7.58. The van der Waals surface area contributed by atoms with E-state index in [-0.39, 0.29) is 11.5 Å². The quantitative estimate of drug-likeness (QED) is 0.793. The summed E-state index contributed by atoms with van der Waals surface area (Å²) in [5.74, 6) is -0.129. The van der Waals surface area contributed by atoms with Crippen LogP contribution in [0.2, 0.25) is 0 Å². The fourth-order valence-corrected chi connectivity index (χ4v) is 2.28. The van der Waals surface area contributed by atoms with Gasteiger partial charge in [0.05, 0.1) is 11.5 Å². The monoisotopic (exact) mass is 256 g/mol.